The summed E-state index contributed by atoms with van der Waals surface area (Å²) in [5.41, 5.74) is 4.40. The quantitative estimate of drug-likeness (QED) is 0.899. The van der Waals surface area contributed by atoms with Gasteiger partial charge in [-0.1, -0.05) is 41.4 Å². The first-order chi connectivity index (χ1) is 9.54. The average Bonchev–Trinajstić information content (AvgIpc) is 2.41. The predicted molar refractivity (Wildman–Crippen MR) is 87.7 cm³/mol. The van der Waals surface area contributed by atoms with E-state index in [-0.39, 0.29) is 0 Å². The number of hydrogen-bond donors (Lipinski definition) is 1. The van der Waals surface area contributed by atoms with Crippen molar-refractivity contribution >= 4 is 28.1 Å². The minimum absolute atomic E-state index is 0.485. The summed E-state index contributed by atoms with van der Waals surface area (Å²) in [5.74, 6) is 0.485. The molecule has 2 nitrogen and oxygen atoms in total. The molecule has 0 spiro atoms. The molecule has 0 fully saturated rings. The largest absolute Gasteiger partial charge is 0.381 e. The Morgan fingerprint density at radius 3 is 2.50 bits per heavy atom. The van der Waals surface area contributed by atoms with Crippen LogP contribution in [0.25, 0.3) is 0 Å². The van der Waals surface area contributed by atoms with Crippen molar-refractivity contribution in [2.24, 2.45) is 0 Å². The highest BCUT2D eigenvalue weighted by atomic mass is 35.5. The third-order valence-electron chi connectivity index (χ3n) is 3.02. The maximum Gasteiger partial charge on any atom is 0.0498 e. The first-order valence-electron chi connectivity index (χ1n) is 6.42. The standard InChI is InChI=1S/C16H18ClNOS/c1-12-3-5-13(6-4-12)10-18-15-7-8-16(17)14(9-15)11-20(2)19/h3-9,18H,10-11H2,1-2H3. The van der Waals surface area contributed by atoms with E-state index in [1.807, 2.05) is 18.2 Å². The van der Waals surface area contributed by atoms with E-state index in [2.05, 4.69) is 36.5 Å². The second kappa shape index (κ2) is 6.91. The second-order valence-electron chi connectivity index (χ2n) is 4.86. The van der Waals surface area contributed by atoms with Crippen LogP contribution < -0.4 is 5.32 Å². The predicted octanol–water partition coefficient (Wildman–Crippen LogP) is 4.14. The van der Waals surface area contributed by atoms with Crippen molar-refractivity contribution in [2.75, 3.05) is 11.6 Å². The van der Waals surface area contributed by atoms with Crippen molar-refractivity contribution in [3.05, 3.63) is 64.2 Å². The van der Waals surface area contributed by atoms with E-state index < -0.39 is 10.8 Å². The highest BCUT2D eigenvalue weighted by Crippen LogP contribution is 2.22. The Bertz CT molecular complexity index is 610. The lowest BCUT2D eigenvalue weighted by molar-refractivity contribution is 0.686. The van der Waals surface area contributed by atoms with Gasteiger partial charge in [-0.25, -0.2) is 0 Å². The minimum atomic E-state index is -0.890. The van der Waals surface area contributed by atoms with Crippen LogP contribution in [-0.4, -0.2) is 10.5 Å². The Kier molecular flexibility index (Phi) is 5.21. The molecule has 2 rings (SSSR count). The summed E-state index contributed by atoms with van der Waals surface area (Å²) in [4.78, 5) is 0. The number of anilines is 1. The number of benzene rings is 2. The van der Waals surface area contributed by atoms with Crippen LogP contribution in [-0.2, 0) is 23.1 Å². The van der Waals surface area contributed by atoms with Gasteiger partial charge in [0.1, 0.15) is 0 Å². The molecular weight excluding hydrogens is 290 g/mol. The lowest BCUT2D eigenvalue weighted by atomic mass is 10.1. The van der Waals surface area contributed by atoms with E-state index in [1.54, 1.807) is 6.26 Å². The van der Waals surface area contributed by atoms with Crippen LogP contribution in [0.2, 0.25) is 5.02 Å². The molecule has 1 N–H and O–H groups in total. The van der Waals surface area contributed by atoms with Gasteiger partial charge in [-0.3, -0.25) is 4.21 Å². The molecule has 106 valence electrons. The van der Waals surface area contributed by atoms with Gasteiger partial charge in [0.05, 0.1) is 0 Å². The Balaban J connectivity index is 2.06. The maximum atomic E-state index is 11.3. The van der Waals surface area contributed by atoms with Gasteiger partial charge in [0, 0.05) is 40.1 Å². The summed E-state index contributed by atoms with van der Waals surface area (Å²) in [6.45, 7) is 2.84. The molecule has 4 heteroatoms. The van der Waals surface area contributed by atoms with E-state index in [0.29, 0.717) is 10.8 Å². The molecule has 0 saturated carbocycles. The van der Waals surface area contributed by atoms with Gasteiger partial charge in [-0.05, 0) is 36.2 Å². The molecule has 0 saturated heterocycles. The van der Waals surface area contributed by atoms with E-state index in [9.17, 15) is 4.21 Å². The third-order valence-corrected chi connectivity index (χ3v) is 4.11. The topological polar surface area (TPSA) is 29.1 Å². The molecule has 0 bridgehead atoms. The summed E-state index contributed by atoms with van der Waals surface area (Å²) in [6, 6.07) is 14.2. The lowest BCUT2D eigenvalue weighted by Gasteiger charge is -2.10. The molecule has 0 radical (unpaired) electrons. The molecule has 1 unspecified atom stereocenters. The Morgan fingerprint density at radius 2 is 1.85 bits per heavy atom. The zero-order valence-electron chi connectivity index (χ0n) is 11.7. The van der Waals surface area contributed by atoms with Crippen LogP contribution in [0.1, 0.15) is 16.7 Å². The fraction of sp³-hybridized carbons (Fsp3) is 0.250. The fourth-order valence-corrected chi connectivity index (χ4v) is 2.86. The number of halogens is 1. The number of hydrogen-bond acceptors (Lipinski definition) is 2. The summed E-state index contributed by atoms with van der Waals surface area (Å²) in [5, 5.41) is 4.03. The summed E-state index contributed by atoms with van der Waals surface area (Å²) in [7, 11) is -0.890. The number of nitrogens with one attached hydrogen (secondary N) is 1. The highest BCUT2D eigenvalue weighted by molar-refractivity contribution is 7.83. The monoisotopic (exact) mass is 307 g/mol. The van der Waals surface area contributed by atoms with E-state index in [4.69, 9.17) is 11.6 Å². The molecule has 0 aromatic heterocycles. The average molecular weight is 308 g/mol. The maximum absolute atomic E-state index is 11.3. The van der Waals surface area contributed by atoms with Gasteiger partial charge in [0.2, 0.25) is 0 Å². The van der Waals surface area contributed by atoms with Crippen molar-refractivity contribution in [2.45, 2.75) is 19.2 Å². The lowest BCUT2D eigenvalue weighted by Crippen LogP contribution is -2.01. The first kappa shape index (κ1) is 15.1. The van der Waals surface area contributed by atoms with Gasteiger partial charge in [-0.2, -0.15) is 0 Å². The van der Waals surface area contributed by atoms with Gasteiger partial charge in [0.15, 0.2) is 0 Å². The van der Waals surface area contributed by atoms with Gasteiger partial charge >= 0.3 is 0 Å². The summed E-state index contributed by atoms with van der Waals surface area (Å²) in [6.07, 6.45) is 1.68. The molecule has 2 aromatic carbocycles. The van der Waals surface area contributed by atoms with E-state index in [1.165, 1.54) is 11.1 Å². The Morgan fingerprint density at radius 1 is 1.15 bits per heavy atom. The molecule has 20 heavy (non-hydrogen) atoms. The van der Waals surface area contributed by atoms with Crippen molar-refractivity contribution in [3.63, 3.8) is 0 Å². The Labute approximate surface area is 127 Å². The van der Waals surface area contributed by atoms with Crippen molar-refractivity contribution < 1.29 is 4.21 Å². The molecule has 0 aliphatic heterocycles. The van der Waals surface area contributed by atoms with Crippen molar-refractivity contribution in [3.8, 4) is 0 Å². The number of rotatable bonds is 5. The minimum Gasteiger partial charge on any atom is -0.381 e. The summed E-state index contributed by atoms with van der Waals surface area (Å²) >= 11 is 6.11. The zero-order valence-corrected chi connectivity index (χ0v) is 13.2. The molecule has 0 aliphatic carbocycles. The van der Waals surface area contributed by atoms with Gasteiger partial charge < -0.3 is 5.32 Å². The summed E-state index contributed by atoms with van der Waals surface area (Å²) < 4.78 is 11.3. The Hall–Kier alpha value is -1.32. The van der Waals surface area contributed by atoms with Crippen LogP contribution in [0.3, 0.4) is 0 Å². The zero-order chi connectivity index (χ0) is 14.5. The number of aryl methyl sites for hydroxylation is 1. The molecule has 1 atom stereocenters. The van der Waals surface area contributed by atoms with Crippen LogP contribution in [0, 0.1) is 6.92 Å². The molecule has 0 aliphatic rings. The van der Waals surface area contributed by atoms with Crippen LogP contribution in [0.15, 0.2) is 42.5 Å². The van der Waals surface area contributed by atoms with Crippen LogP contribution in [0.5, 0.6) is 0 Å². The molecule has 0 amide bonds. The molecule has 2 aromatic rings. The van der Waals surface area contributed by atoms with Crippen molar-refractivity contribution in [1.29, 1.82) is 0 Å². The first-order valence-corrected chi connectivity index (χ1v) is 8.53. The molecule has 0 heterocycles. The SMILES string of the molecule is Cc1ccc(CNc2ccc(Cl)c(CS(C)=O)c2)cc1. The van der Waals surface area contributed by atoms with Crippen LogP contribution in [0.4, 0.5) is 5.69 Å². The fourth-order valence-electron chi connectivity index (χ4n) is 1.92. The smallest absolute Gasteiger partial charge is 0.0498 e. The highest BCUT2D eigenvalue weighted by Gasteiger charge is 2.04. The van der Waals surface area contributed by atoms with E-state index in [0.717, 1.165) is 17.8 Å². The normalized spacial score (nSPS) is 12.2. The molecular formula is C16H18ClNOS. The van der Waals surface area contributed by atoms with E-state index >= 15 is 0 Å². The third kappa shape index (κ3) is 4.36. The van der Waals surface area contributed by atoms with Gasteiger partial charge in [-0.15, -0.1) is 0 Å². The van der Waals surface area contributed by atoms with Gasteiger partial charge in [0.25, 0.3) is 0 Å². The second-order valence-corrected chi connectivity index (χ2v) is 6.71. The van der Waals surface area contributed by atoms with Crippen LogP contribution >= 0.6 is 11.6 Å². The van der Waals surface area contributed by atoms with Crippen molar-refractivity contribution in [1.82, 2.24) is 0 Å².